The van der Waals surface area contributed by atoms with Crippen LogP contribution in [0.5, 0.6) is 0 Å². The van der Waals surface area contributed by atoms with Gasteiger partial charge in [-0.3, -0.25) is 0 Å². The number of rotatable bonds is 3. The maximum atomic E-state index is 3.56. The lowest BCUT2D eigenvalue weighted by molar-refractivity contribution is 0.0781. The molecule has 0 amide bonds. The van der Waals surface area contributed by atoms with Gasteiger partial charge in [0.25, 0.3) is 0 Å². The maximum Gasteiger partial charge on any atom is 0.0110 e. The molecule has 0 aliphatic carbocycles. The van der Waals surface area contributed by atoms with Gasteiger partial charge in [-0.25, -0.2) is 0 Å². The minimum atomic E-state index is 0.538. The predicted molar refractivity (Wildman–Crippen MR) is 68.7 cm³/mol. The van der Waals surface area contributed by atoms with Crippen molar-refractivity contribution in [3.8, 4) is 0 Å². The van der Waals surface area contributed by atoms with Crippen LogP contribution in [-0.4, -0.2) is 62.7 Å². The van der Waals surface area contributed by atoms with Crippen LogP contribution in [0.4, 0.5) is 0 Å². The van der Waals surface area contributed by atoms with Crippen LogP contribution in [0.1, 0.15) is 20.3 Å². The van der Waals surface area contributed by atoms with Gasteiger partial charge in [-0.15, -0.1) is 0 Å². The van der Waals surface area contributed by atoms with E-state index >= 15 is 0 Å². The molecule has 3 nitrogen and oxygen atoms in total. The van der Waals surface area contributed by atoms with Crippen LogP contribution in [0, 0.1) is 11.3 Å². The first kappa shape index (κ1) is 12.3. The summed E-state index contributed by atoms with van der Waals surface area (Å²) in [5.74, 6) is 0.794. The summed E-state index contributed by atoms with van der Waals surface area (Å²) in [5.41, 5.74) is 0.538. The van der Waals surface area contributed by atoms with Gasteiger partial charge in [-0.05, 0) is 31.3 Å². The molecule has 2 aliphatic rings. The maximum absolute atomic E-state index is 3.56. The molecule has 0 aromatic carbocycles. The Morgan fingerprint density at radius 2 is 1.88 bits per heavy atom. The van der Waals surface area contributed by atoms with Crippen LogP contribution in [0.25, 0.3) is 0 Å². The first-order chi connectivity index (χ1) is 7.62. The Bertz CT molecular complexity index is 213. The topological polar surface area (TPSA) is 18.5 Å². The summed E-state index contributed by atoms with van der Waals surface area (Å²) in [6, 6.07) is 0. The molecule has 94 valence electrons. The summed E-state index contributed by atoms with van der Waals surface area (Å²) >= 11 is 0. The van der Waals surface area contributed by atoms with E-state index < -0.39 is 0 Å². The van der Waals surface area contributed by atoms with Crippen molar-refractivity contribution in [2.24, 2.45) is 11.3 Å². The highest BCUT2D eigenvalue weighted by molar-refractivity contribution is 4.93. The van der Waals surface area contributed by atoms with Crippen LogP contribution >= 0.6 is 0 Å². The molecule has 3 heteroatoms. The third-order valence-electron chi connectivity index (χ3n) is 4.64. The highest BCUT2D eigenvalue weighted by Gasteiger charge is 2.38. The third kappa shape index (κ3) is 2.58. The van der Waals surface area contributed by atoms with Gasteiger partial charge in [0.1, 0.15) is 0 Å². The second-order valence-electron chi connectivity index (χ2n) is 6.02. The van der Waals surface area contributed by atoms with Crippen molar-refractivity contribution in [1.29, 1.82) is 0 Å². The van der Waals surface area contributed by atoms with Crippen LogP contribution in [-0.2, 0) is 0 Å². The van der Waals surface area contributed by atoms with E-state index in [1.54, 1.807) is 0 Å². The summed E-state index contributed by atoms with van der Waals surface area (Å²) in [6.45, 7) is 13.5. The van der Waals surface area contributed by atoms with Gasteiger partial charge in [0.05, 0.1) is 0 Å². The van der Waals surface area contributed by atoms with Gasteiger partial charge >= 0.3 is 0 Å². The second-order valence-corrected chi connectivity index (χ2v) is 6.02. The molecular formula is C13H27N3. The van der Waals surface area contributed by atoms with Gasteiger partial charge < -0.3 is 15.1 Å². The smallest absolute Gasteiger partial charge is 0.0110 e. The van der Waals surface area contributed by atoms with Crippen molar-refractivity contribution in [3.05, 3.63) is 0 Å². The monoisotopic (exact) mass is 225 g/mol. The van der Waals surface area contributed by atoms with Gasteiger partial charge in [0.2, 0.25) is 0 Å². The Hall–Kier alpha value is -0.120. The number of piperazine rings is 1. The summed E-state index contributed by atoms with van der Waals surface area (Å²) in [4.78, 5) is 5.11. The van der Waals surface area contributed by atoms with E-state index in [2.05, 4.69) is 36.0 Å². The van der Waals surface area contributed by atoms with Crippen molar-refractivity contribution in [2.75, 3.05) is 52.9 Å². The normalized spacial score (nSPS) is 33.8. The Balaban J connectivity index is 1.91. The number of hydrogen-bond acceptors (Lipinski definition) is 3. The summed E-state index contributed by atoms with van der Waals surface area (Å²) in [5, 5.41) is 3.56. The Morgan fingerprint density at radius 1 is 1.19 bits per heavy atom. The third-order valence-corrected chi connectivity index (χ3v) is 4.64. The molecule has 0 radical (unpaired) electrons. The lowest BCUT2D eigenvalue weighted by Crippen LogP contribution is -2.50. The molecule has 2 rings (SSSR count). The molecule has 0 saturated carbocycles. The minimum absolute atomic E-state index is 0.538. The van der Waals surface area contributed by atoms with Crippen molar-refractivity contribution in [2.45, 2.75) is 20.3 Å². The Morgan fingerprint density at radius 3 is 2.38 bits per heavy atom. The summed E-state index contributed by atoms with van der Waals surface area (Å²) in [7, 11) is 2.23. The quantitative estimate of drug-likeness (QED) is 0.769. The fraction of sp³-hybridized carbons (Fsp3) is 1.00. The average Bonchev–Trinajstić information content (AvgIpc) is 2.71. The van der Waals surface area contributed by atoms with E-state index in [4.69, 9.17) is 0 Å². The van der Waals surface area contributed by atoms with Crippen molar-refractivity contribution >= 4 is 0 Å². The fourth-order valence-corrected chi connectivity index (χ4v) is 3.02. The number of likely N-dealkylation sites (N-methyl/N-ethyl adjacent to an activating group) is 1. The van der Waals surface area contributed by atoms with Crippen molar-refractivity contribution in [3.63, 3.8) is 0 Å². The molecule has 1 N–H and O–H groups in total. The lowest BCUT2D eigenvalue weighted by Gasteiger charge is -2.41. The van der Waals surface area contributed by atoms with E-state index in [1.165, 1.54) is 52.2 Å². The molecule has 2 fully saturated rings. The Labute approximate surface area is 100 Å². The number of hydrogen-bond donors (Lipinski definition) is 1. The zero-order valence-electron chi connectivity index (χ0n) is 11.1. The average molecular weight is 225 g/mol. The molecule has 0 bridgehead atoms. The second kappa shape index (κ2) is 5.03. The van der Waals surface area contributed by atoms with Gasteiger partial charge in [-0.1, -0.05) is 13.8 Å². The highest BCUT2D eigenvalue weighted by Crippen LogP contribution is 2.35. The van der Waals surface area contributed by atoms with Crippen LogP contribution in [0.2, 0.25) is 0 Å². The standard InChI is InChI=1S/C13H27N3/c1-12(2)13(4-5-14-10-13)11-16-8-6-15(3)7-9-16/h12,14H,4-11H2,1-3H3. The van der Waals surface area contributed by atoms with Crippen molar-refractivity contribution in [1.82, 2.24) is 15.1 Å². The summed E-state index contributed by atoms with van der Waals surface area (Å²) < 4.78 is 0. The molecule has 2 saturated heterocycles. The molecule has 0 spiro atoms. The molecule has 0 aromatic heterocycles. The Kier molecular flexibility index (Phi) is 3.88. The largest absolute Gasteiger partial charge is 0.316 e. The molecule has 16 heavy (non-hydrogen) atoms. The fourth-order valence-electron chi connectivity index (χ4n) is 3.02. The summed E-state index contributed by atoms with van der Waals surface area (Å²) in [6.07, 6.45) is 1.36. The lowest BCUT2D eigenvalue weighted by atomic mass is 9.76. The zero-order valence-corrected chi connectivity index (χ0v) is 11.1. The molecule has 1 unspecified atom stereocenters. The SMILES string of the molecule is CC(C)C1(CN2CCN(C)CC2)CCNC1. The number of nitrogens with one attached hydrogen (secondary N) is 1. The first-order valence-corrected chi connectivity index (χ1v) is 6.74. The number of nitrogens with zero attached hydrogens (tertiary/aromatic N) is 2. The van der Waals surface area contributed by atoms with Gasteiger partial charge in [0, 0.05) is 39.3 Å². The highest BCUT2D eigenvalue weighted by atomic mass is 15.2. The van der Waals surface area contributed by atoms with Gasteiger partial charge in [-0.2, -0.15) is 0 Å². The van der Waals surface area contributed by atoms with Crippen molar-refractivity contribution < 1.29 is 0 Å². The first-order valence-electron chi connectivity index (χ1n) is 6.74. The predicted octanol–water partition coefficient (Wildman–Crippen LogP) is 0.870. The molecular weight excluding hydrogens is 198 g/mol. The molecule has 1 atom stereocenters. The van der Waals surface area contributed by atoms with E-state index in [1.807, 2.05) is 0 Å². The van der Waals surface area contributed by atoms with Gasteiger partial charge in [0.15, 0.2) is 0 Å². The zero-order chi connectivity index (χ0) is 11.6. The molecule has 0 aromatic rings. The van der Waals surface area contributed by atoms with E-state index in [0.717, 1.165) is 5.92 Å². The van der Waals surface area contributed by atoms with Crippen LogP contribution in [0.15, 0.2) is 0 Å². The molecule has 2 heterocycles. The van der Waals surface area contributed by atoms with Crippen LogP contribution in [0.3, 0.4) is 0 Å². The van der Waals surface area contributed by atoms with E-state index in [9.17, 15) is 0 Å². The molecule has 2 aliphatic heterocycles. The minimum Gasteiger partial charge on any atom is -0.316 e. The van der Waals surface area contributed by atoms with E-state index in [0.29, 0.717) is 5.41 Å². The van der Waals surface area contributed by atoms with E-state index in [-0.39, 0.29) is 0 Å². The van der Waals surface area contributed by atoms with Crippen LogP contribution < -0.4 is 5.32 Å².